The molecule has 0 bridgehead atoms. The molecule has 1 saturated carbocycles. The number of rotatable bonds is 5. The van der Waals surface area contributed by atoms with Crippen LogP contribution in [0.2, 0.25) is 0 Å². The van der Waals surface area contributed by atoms with Crippen LogP contribution in [0.4, 0.5) is 0 Å². The maximum atomic E-state index is 13.1. The smallest absolute Gasteiger partial charge is 0.243 e. The highest BCUT2D eigenvalue weighted by Crippen LogP contribution is 2.35. The predicted molar refractivity (Wildman–Crippen MR) is 109 cm³/mol. The van der Waals surface area contributed by atoms with Crippen LogP contribution < -0.4 is 4.90 Å². The number of hydrogen-bond acceptors (Lipinski definition) is 4. The first-order chi connectivity index (χ1) is 13.3. The standard InChI is InChI=1S/C19H27N5O2S2/c1-14-4-5-15(2)18(12-14)28(25,26)22-10-8-21(9-11-22)13-23-19(27)24(16(3)20-23)17-6-7-17/h4-5,12,17H,6-11,13H2,1-3H3/p+1. The molecular weight excluding hydrogens is 394 g/mol. The van der Waals surface area contributed by atoms with Crippen molar-refractivity contribution in [3.05, 3.63) is 39.9 Å². The van der Waals surface area contributed by atoms with Gasteiger partial charge in [0.05, 0.1) is 31.1 Å². The molecule has 0 radical (unpaired) electrons. The van der Waals surface area contributed by atoms with Crippen molar-refractivity contribution in [1.29, 1.82) is 0 Å². The summed E-state index contributed by atoms with van der Waals surface area (Å²) in [5.74, 6) is 0.975. The van der Waals surface area contributed by atoms with E-state index in [2.05, 4.69) is 9.67 Å². The average Bonchev–Trinajstić information content (AvgIpc) is 3.44. The number of hydrogen-bond donors (Lipinski definition) is 1. The van der Waals surface area contributed by atoms with Crippen molar-refractivity contribution in [1.82, 2.24) is 18.7 Å². The zero-order chi connectivity index (χ0) is 20.1. The Labute approximate surface area is 171 Å². The molecule has 1 aliphatic carbocycles. The summed E-state index contributed by atoms with van der Waals surface area (Å²) in [6, 6.07) is 6.12. The first kappa shape index (κ1) is 19.8. The molecule has 4 rings (SSSR count). The number of benzene rings is 1. The monoisotopic (exact) mass is 422 g/mol. The van der Waals surface area contributed by atoms with E-state index in [1.54, 1.807) is 10.4 Å². The van der Waals surface area contributed by atoms with E-state index in [9.17, 15) is 8.42 Å². The van der Waals surface area contributed by atoms with E-state index in [1.807, 2.05) is 37.6 Å². The fourth-order valence-electron chi connectivity index (χ4n) is 3.92. The van der Waals surface area contributed by atoms with Crippen molar-refractivity contribution in [2.24, 2.45) is 0 Å². The van der Waals surface area contributed by atoms with Crippen molar-refractivity contribution in [2.45, 2.75) is 51.2 Å². The third-order valence-corrected chi connectivity index (χ3v) is 8.17. The van der Waals surface area contributed by atoms with Crippen molar-refractivity contribution >= 4 is 22.2 Å². The summed E-state index contributed by atoms with van der Waals surface area (Å²) in [4.78, 5) is 1.74. The molecule has 152 valence electrons. The molecule has 9 heteroatoms. The number of aryl methyl sites for hydroxylation is 3. The molecule has 1 N–H and O–H groups in total. The minimum atomic E-state index is -3.45. The lowest BCUT2D eigenvalue weighted by atomic mass is 10.2. The Morgan fingerprint density at radius 3 is 2.50 bits per heavy atom. The number of aromatic nitrogens is 3. The average molecular weight is 423 g/mol. The summed E-state index contributed by atoms with van der Waals surface area (Å²) in [7, 11) is -3.45. The van der Waals surface area contributed by atoms with Crippen LogP contribution in [0.5, 0.6) is 0 Å². The maximum absolute atomic E-state index is 13.1. The highest BCUT2D eigenvalue weighted by Gasteiger charge is 2.32. The van der Waals surface area contributed by atoms with Gasteiger partial charge in [-0.25, -0.2) is 8.42 Å². The lowest BCUT2D eigenvalue weighted by molar-refractivity contribution is -0.926. The van der Waals surface area contributed by atoms with E-state index in [0.717, 1.165) is 34.8 Å². The Kier molecular flexibility index (Phi) is 5.20. The van der Waals surface area contributed by atoms with Crippen LogP contribution in [-0.4, -0.2) is 53.2 Å². The number of nitrogens with one attached hydrogen (secondary N) is 1. The van der Waals surface area contributed by atoms with Gasteiger partial charge in [-0.2, -0.15) is 14.1 Å². The first-order valence-electron chi connectivity index (χ1n) is 9.84. The molecule has 28 heavy (non-hydrogen) atoms. The molecule has 2 heterocycles. The molecule has 2 aliphatic rings. The summed E-state index contributed by atoms with van der Waals surface area (Å²) in [6.45, 7) is 9.01. The molecule has 1 aliphatic heterocycles. The molecule has 2 aromatic rings. The van der Waals surface area contributed by atoms with Crippen LogP contribution in [0.25, 0.3) is 0 Å². The number of piperazine rings is 1. The van der Waals surface area contributed by atoms with E-state index < -0.39 is 10.0 Å². The lowest BCUT2D eigenvalue weighted by Crippen LogP contribution is -3.14. The van der Waals surface area contributed by atoms with Crippen LogP contribution in [0.3, 0.4) is 0 Å². The Balaban J connectivity index is 1.44. The second-order valence-electron chi connectivity index (χ2n) is 8.01. The highest BCUT2D eigenvalue weighted by atomic mass is 32.2. The van der Waals surface area contributed by atoms with Crippen molar-refractivity contribution in [2.75, 3.05) is 26.2 Å². The molecule has 1 aromatic heterocycles. The zero-order valence-electron chi connectivity index (χ0n) is 16.7. The van der Waals surface area contributed by atoms with Crippen LogP contribution in [0, 0.1) is 25.5 Å². The van der Waals surface area contributed by atoms with Crippen molar-refractivity contribution in [3.8, 4) is 0 Å². The van der Waals surface area contributed by atoms with Gasteiger partial charge in [-0.3, -0.25) is 0 Å². The van der Waals surface area contributed by atoms with Gasteiger partial charge in [-0.15, -0.1) is 0 Å². The molecule has 0 unspecified atom stereocenters. The summed E-state index contributed by atoms with van der Waals surface area (Å²) < 4.78 is 32.7. The van der Waals surface area contributed by atoms with E-state index in [4.69, 9.17) is 12.2 Å². The van der Waals surface area contributed by atoms with E-state index >= 15 is 0 Å². The summed E-state index contributed by atoms with van der Waals surface area (Å²) in [5, 5.41) is 4.62. The molecule has 7 nitrogen and oxygen atoms in total. The Hall–Kier alpha value is -1.55. The largest absolute Gasteiger partial charge is 0.314 e. The number of quaternary nitrogens is 1. The Morgan fingerprint density at radius 1 is 1.18 bits per heavy atom. The van der Waals surface area contributed by atoms with Crippen LogP contribution in [0.15, 0.2) is 23.1 Å². The van der Waals surface area contributed by atoms with E-state index in [1.165, 1.54) is 17.7 Å². The second kappa shape index (κ2) is 7.37. The molecule has 0 amide bonds. The Bertz CT molecular complexity index is 1040. The summed E-state index contributed by atoms with van der Waals surface area (Å²) in [5.41, 5.74) is 1.76. The van der Waals surface area contributed by atoms with Gasteiger partial charge in [0.2, 0.25) is 14.8 Å². The van der Waals surface area contributed by atoms with E-state index in [0.29, 0.717) is 30.7 Å². The highest BCUT2D eigenvalue weighted by molar-refractivity contribution is 7.89. The second-order valence-corrected chi connectivity index (χ2v) is 10.3. The minimum Gasteiger partial charge on any atom is -0.314 e. The van der Waals surface area contributed by atoms with Gasteiger partial charge in [0.25, 0.3) is 0 Å². The molecule has 2 fully saturated rings. The minimum absolute atomic E-state index is 0.428. The topological polar surface area (TPSA) is 64.6 Å². The van der Waals surface area contributed by atoms with Gasteiger partial charge in [-0.1, -0.05) is 12.1 Å². The summed E-state index contributed by atoms with van der Waals surface area (Å²) >= 11 is 5.61. The van der Waals surface area contributed by atoms with Gasteiger partial charge < -0.3 is 9.47 Å². The van der Waals surface area contributed by atoms with Crippen molar-refractivity contribution in [3.63, 3.8) is 0 Å². The normalized spacial score (nSPS) is 19.2. The third-order valence-electron chi connectivity index (χ3n) is 5.72. The van der Waals surface area contributed by atoms with Gasteiger partial charge in [0.15, 0.2) is 6.67 Å². The third kappa shape index (κ3) is 3.68. The van der Waals surface area contributed by atoms with Gasteiger partial charge >= 0.3 is 0 Å². The van der Waals surface area contributed by atoms with E-state index in [-0.39, 0.29) is 0 Å². The molecule has 0 spiro atoms. The zero-order valence-corrected chi connectivity index (χ0v) is 18.3. The number of nitrogens with zero attached hydrogens (tertiary/aromatic N) is 4. The molecule has 0 atom stereocenters. The van der Waals surface area contributed by atoms with Crippen molar-refractivity contribution < 1.29 is 13.3 Å². The lowest BCUT2D eigenvalue weighted by Gasteiger charge is -2.31. The van der Waals surface area contributed by atoms with Gasteiger partial charge in [0, 0.05) is 6.04 Å². The quantitative estimate of drug-likeness (QED) is 0.736. The first-order valence-corrected chi connectivity index (χ1v) is 11.7. The fourth-order valence-corrected chi connectivity index (χ4v) is 6.06. The molecular formula is C19H28N5O2S2+. The van der Waals surface area contributed by atoms with Crippen LogP contribution in [0.1, 0.15) is 35.8 Å². The van der Waals surface area contributed by atoms with Crippen LogP contribution >= 0.6 is 12.2 Å². The molecule has 1 aromatic carbocycles. The fraction of sp³-hybridized carbons (Fsp3) is 0.579. The number of sulfonamides is 1. The maximum Gasteiger partial charge on any atom is 0.243 e. The molecule has 1 saturated heterocycles. The van der Waals surface area contributed by atoms with Gasteiger partial charge in [-0.05, 0) is 63.0 Å². The predicted octanol–water partition coefficient (Wildman–Crippen LogP) is 1.22. The summed E-state index contributed by atoms with van der Waals surface area (Å²) in [6.07, 6.45) is 2.37. The SMILES string of the molecule is Cc1ccc(C)c(S(=O)(=O)N2CC[NH+](Cn3nc(C)n(C4CC4)c3=S)CC2)c1. The van der Waals surface area contributed by atoms with Crippen LogP contribution in [-0.2, 0) is 16.7 Å². The van der Waals surface area contributed by atoms with Gasteiger partial charge in [0.1, 0.15) is 5.82 Å². The Morgan fingerprint density at radius 2 is 1.86 bits per heavy atom.